The Morgan fingerprint density at radius 2 is 2.26 bits per heavy atom. The molecule has 0 spiro atoms. The van der Waals surface area contributed by atoms with Crippen LogP contribution in [0.2, 0.25) is 0 Å². The lowest BCUT2D eigenvalue weighted by Gasteiger charge is -2.11. The summed E-state index contributed by atoms with van der Waals surface area (Å²) in [5, 5.41) is 6.38. The predicted octanol–water partition coefficient (Wildman–Crippen LogP) is 2.82. The monoisotopic (exact) mass is 261 g/mol. The van der Waals surface area contributed by atoms with Crippen molar-refractivity contribution in [3.05, 3.63) is 24.0 Å². The van der Waals surface area contributed by atoms with E-state index < -0.39 is 0 Å². The molecule has 0 aromatic carbocycles. The Kier molecular flexibility index (Phi) is 4.77. The highest BCUT2D eigenvalue weighted by Gasteiger charge is 2.37. The molecule has 2 rings (SSSR count). The Hall–Kier alpha value is -1.58. The van der Waals surface area contributed by atoms with Crippen molar-refractivity contribution in [3.8, 4) is 0 Å². The summed E-state index contributed by atoms with van der Waals surface area (Å²) in [5.74, 6) is 0.674. The molecule has 1 fully saturated rings. The average molecular weight is 261 g/mol. The summed E-state index contributed by atoms with van der Waals surface area (Å²) in [7, 11) is 0. The molecule has 1 aliphatic carbocycles. The number of carbonyl (C=O) groups excluding carboxylic acids is 1. The molecule has 104 valence electrons. The van der Waals surface area contributed by atoms with Crippen LogP contribution < -0.4 is 10.6 Å². The third-order valence-corrected chi connectivity index (χ3v) is 3.53. The number of hydrogen-bond acceptors (Lipinski definition) is 3. The third-order valence-electron chi connectivity index (χ3n) is 3.53. The molecule has 2 atom stereocenters. The smallest absolute Gasteiger partial charge is 0.255 e. The van der Waals surface area contributed by atoms with Gasteiger partial charge in [0.2, 0.25) is 0 Å². The van der Waals surface area contributed by atoms with Crippen molar-refractivity contribution in [1.82, 2.24) is 10.3 Å². The fourth-order valence-corrected chi connectivity index (χ4v) is 2.35. The predicted molar refractivity (Wildman–Crippen MR) is 77.3 cm³/mol. The summed E-state index contributed by atoms with van der Waals surface area (Å²) in [6.45, 7) is 5.16. The minimum Gasteiger partial charge on any atom is -0.384 e. The first kappa shape index (κ1) is 13.8. The first-order chi connectivity index (χ1) is 9.26. The topological polar surface area (TPSA) is 54.0 Å². The van der Waals surface area contributed by atoms with E-state index >= 15 is 0 Å². The van der Waals surface area contributed by atoms with E-state index in [9.17, 15) is 4.79 Å². The van der Waals surface area contributed by atoms with Gasteiger partial charge < -0.3 is 10.6 Å². The van der Waals surface area contributed by atoms with E-state index in [0.29, 0.717) is 17.5 Å². The lowest BCUT2D eigenvalue weighted by Crippen LogP contribution is -2.27. The van der Waals surface area contributed by atoms with Gasteiger partial charge in [0.1, 0.15) is 0 Å². The molecule has 0 saturated heterocycles. The fraction of sp³-hybridized carbons (Fsp3) is 0.600. The van der Waals surface area contributed by atoms with Gasteiger partial charge in [0.05, 0.1) is 11.3 Å². The van der Waals surface area contributed by atoms with E-state index in [4.69, 9.17) is 0 Å². The Bertz CT molecular complexity index is 433. The van der Waals surface area contributed by atoms with E-state index in [0.717, 1.165) is 25.1 Å². The van der Waals surface area contributed by atoms with Crippen molar-refractivity contribution in [1.29, 1.82) is 0 Å². The number of pyridine rings is 1. The highest BCUT2D eigenvalue weighted by atomic mass is 16.1. The lowest BCUT2D eigenvalue weighted by atomic mass is 10.2. The number of amides is 1. The minimum atomic E-state index is -0.00435. The minimum absolute atomic E-state index is 0.00435. The van der Waals surface area contributed by atoms with Crippen LogP contribution in [0.4, 0.5) is 5.69 Å². The maximum absolute atomic E-state index is 12.2. The third kappa shape index (κ3) is 3.69. The molecule has 4 heteroatoms. The van der Waals surface area contributed by atoms with Crippen LogP contribution in [0.1, 0.15) is 49.9 Å². The van der Waals surface area contributed by atoms with Gasteiger partial charge in [-0.2, -0.15) is 0 Å². The zero-order valence-electron chi connectivity index (χ0n) is 11.8. The maximum atomic E-state index is 12.2. The quantitative estimate of drug-likeness (QED) is 0.793. The molecule has 1 aliphatic rings. The number of aromatic nitrogens is 1. The van der Waals surface area contributed by atoms with Crippen LogP contribution in [0, 0.1) is 5.92 Å². The van der Waals surface area contributed by atoms with Crippen molar-refractivity contribution >= 4 is 11.6 Å². The first-order valence-corrected chi connectivity index (χ1v) is 7.25. The average Bonchev–Trinajstić information content (AvgIpc) is 3.15. The zero-order valence-corrected chi connectivity index (χ0v) is 11.8. The molecule has 2 unspecified atom stereocenters. The second-order valence-corrected chi connectivity index (χ2v) is 5.21. The Labute approximate surface area is 115 Å². The molecule has 0 aliphatic heterocycles. The van der Waals surface area contributed by atoms with Gasteiger partial charge in [-0.15, -0.1) is 0 Å². The van der Waals surface area contributed by atoms with Gasteiger partial charge in [0.15, 0.2) is 0 Å². The summed E-state index contributed by atoms with van der Waals surface area (Å²) in [6, 6.07) is 2.23. The summed E-state index contributed by atoms with van der Waals surface area (Å²) in [5.41, 5.74) is 1.53. The number of anilines is 1. The van der Waals surface area contributed by atoms with Crippen LogP contribution in [-0.2, 0) is 0 Å². The first-order valence-electron chi connectivity index (χ1n) is 7.25. The molecule has 1 aromatic heterocycles. The second-order valence-electron chi connectivity index (χ2n) is 5.21. The van der Waals surface area contributed by atoms with Gasteiger partial charge in [0.25, 0.3) is 5.91 Å². The number of hydrogen-bond donors (Lipinski definition) is 2. The van der Waals surface area contributed by atoms with Gasteiger partial charge >= 0.3 is 0 Å². The molecule has 0 bridgehead atoms. The van der Waals surface area contributed by atoms with E-state index in [-0.39, 0.29) is 5.91 Å². The summed E-state index contributed by atoms with van der Waals surface area (Å²) >= 11 is 0. The van der Waals surface area contributed by atoms with Crippen LogP contribution >= 0.6 is 0 Å². The van der Waals surface area contributed by atoms with Crippen molar-refractivity contribution in [3.63, 3.8) is 0 Å². The SMILES string of the molecule is CCCNc1ccncc1C(=O)NC1CC1CCC. The standard InChI is InChI=1S/C15H23N3O/c1-3-5-11-9-14(11)18-15(19)12-10-16-8-6-13(12)17-7-4-2/h6,8,10-11,14H,3-5,7,9H2,1-2H3,(H,16,17)(H,18,19). The van der Waals surface area contributed by atoms with E-state index in [1.54, 1.807) is 12.4 Å². The van der Waals surface area contributed by atoms with Gasteiger partial charge in [-0.25, -0.2) is 0 Å². The normalized spacial score (nSPS) is 20.9. The van der Waals surface area contributed by atoms with Crippen LogP contribution in [0.25, 0.3) is 0 Å². The highest BCUT2D eigenvalue weighted by molar-refractivity contribution is 5.99. The van der Waals surface area contributed by atoms with Crippen LogP contribution in [0.3, 0.4) is 0 Å². The molecule has 2 N–H and O–H groups in total. The molecule has 19 heavy (non-hydrogen) atoms. The van der Waals surface area contributed by atoms with Crippen LogP contribution in [0.5, 0.6) is 0 Å². The van der Waals surface area contributed by atoms with Crippen molar-refractivity contribution in [2.24, 2.45) is 5.92 Å². The molecule has 1 aromatic rings. The maximum Gasteiger partial charge on any atom is 0.255 e. The van der Waals surface area contributed by atoms with E-state index in [2.05, 4.69) is 29.5 Å². The summed E-state index contributed by atoms with van der Waals surface area (Å²) in [6.07, 6.45) is 7.91. The molecule has 1 heterocycles. The molecule has 1 amide bonds. The Morgan fingerprint density at radius 3 is 3.00 bits per heavy atom. The summed E-state index contributed by atoms with van der Waals surface area (Å²) < 4.78 is 0. The number of rotatable bonds is 7. The summed E-state index contributed by atoms with van der Waals surface area (Å²) in [4.78, 5) is 16.3. The lowest BCUT2D eigenvalue weighted by molar-refractivity contribution is 0.0949. The van der Waals surface area contributed by atoms with Crippen molar-refractivity contribution in [2.75, 3.05) is 11.9 Å². The Balaban J connectivity index is 1.95. The second kappa shape index (κ2) is 6.55. The fourth-order valence-electron chi connectivity index (χ4n) is 2.35. The van der Waals surface area contributed by atoms with Crippen LogP contribution in [0.15, 0.2) is 18.5 Å². The van der Waals surface area contributed by atoms with Gasteiger partial charge in [0, 0.05) is 25.0 Å². The van der Waals surface area contributed by atoms with Crippen molar-refractivity contribution in [2.45, 2.75) is 45.6 Å². The largest absolute Gasteiger partial charge is 0.384 e. The molecular formula is C15H23N3O. The van der Waals surface area contributed by atoms with Gasteiger partial charge in [-0.1, -0.05) is 20.3 Å². The van der Waals surface area contributed by atoms with Gasteiger partial charge in [-0.3, -0.25) is 9.78 Å². The zero-order chi connectivity index (χ0) is 13.7. The number of nitrogens with one attached hydrogen (secondary N) is 2. The Morgan fingerprint density at radius 1 is 1.42 bits per heavy atom. The molecule has 4 nitrogen and oxygen atoms in total. The number of nitrogens with zero attached hydrogens (tertiary/aromatic N) is 1. The van der Waals surface area contributed by atoms with Crippen molar-refractivity contribution < 1.29 is 4.79 Å². The van der Waals surface area contributed by atoms with Crippen LogP contribution in [-0.4, -0.2) is 23.5 Å². The molecular weight excluding hydrogens is 238 g/mol. The number of carbonyl (C=O) groups is 1. The van der Waals surface area contributed by atoms with Gasteiger partial charge in [-0.05, 0) is 31.2 Å². The highest BCUT2D eigenvalue weighted by Crippen LogP contribution is 2.34. The van der Waals surface area contributed by atoms with E-state index in [1.165, 1.54) is 12.8 Å². The molecule has 0 radical (unpaired) electrons. The molecule has 1 saturated carbocycles. The van der Waals surface area contributed by atoms with E-state index in [1.807, 2.05) is 6.07 Å².